The van der Waals surface area contributed by atoms with Crippen LogP contribution in [0.3, 0.4) is 0 Å². The van der Waals surface area contributed by atoms with Gasteiger partial charge in [-0.05, 0) is 19.3 Å². The first-order valence-corrected chi connectivity index (χ1v) is 5.53. The van der Waals surface area contributed by atoms with Crippen LogP contribution in [0.2, 0.25) is 0 Å². The minimum Gasteiger partial charge on any atom is -0.328 e. The Morgan fingerprint density at radius 3 is 3.00 bits per heavy atom. The van der Waals surface area contributed by atoms with Crippen LogP contribution in [0.25, 0.3) is 0 Å². The standard InChI is InChI=1S/C9H15N3S/c1-12-6-9(5-11-12)13-8-3-2-7(10)4-8/h5-8H,2-4,10H2,1H3. The first-order chi connectivity index (χ1) is 6.24. The Balaban J connectivity index is 1.91. The highest BCUT2D eigenvalue weighted by molar-refractivity contribution is 8.00. The molecule has 0 saturated heterocycles. The second-order valence-electron chi connectivity index (χ2n) is 3.66. The van der Waals surface area contributed by atoms with E-state index in [1.165, 1.54) is 17.7 Å². The molecule has 0 aliphatic heterocycles. The monoisotopic (exact) mass is 197 g/mol. The Labute approximate surface area is 82.7 Å². The maximum atomic E-state index is 5.85. The average molecular weight is 197 g/mol. The van der Waals surface area contributed by atoms with Crippen molar-refractivity contribution in [3.05, 3.63) is 12.4 Å². The van der Waals surface area contributed by atoms with E-state index in [-0.39, 0.29) is 0 Å². The maximum Gasteiger partial charge on any atom is 0.0625 e. The van der Waals surface area contributed by atoms with Gasteiger partial charge in [-0.1, -0.05) is 0 Å². The highest BCUT2D eigenvalue weighted by atomic mass is 32.2. The van der Waals surface area contributed by atoms with Crippen LogP contribution >= 0.6 is 11.8 Å². The summed E-state index contributed by atoms with van der Waals surface area (Å²) in [6, 6.07) is 0.425. The fourth-order valence-corrected chi connectivity index (χ4v) is 3.04. The van der Waals surface area contributed by atoms with Gasteiger partial charge in [-0.25, -0.2) is 0 Å². The Morgan fingerprint density at radius 1 is 1.62 bits per heavy atom. The molecule has 1 saturated carbocycles. The second-order valence-corrected chi connectivity index (χ2v) is 5.04. The zero-order valence-electron chi connectivity index (χ0n) is 7.81. The van der Waals surface area contributed by atoms with Gasteiger partial charge in [0.2, 0.25) is 0 Å². The van der Waals surface area contributed by atoms with Gasteiger partial charge in [0.25, 0.3) is 0 Å². The predicted octanol–water partition coefficient (Wildman–Crippen LogP) is 1.39. The molecule has 0 aromatic carbocycles. The first kappa shape index (κ1) is 9.09. The minimum atomic E-state index is 0.425. The molecule has 3 nitrogen and oxygen atoms in total. The number of thioether (sulfide) groups is 1. The smallest absolute Gasteiger partial charge is 0.0625 e. The molecule has 0 spiro atoms. The van der Waals surface area contributed by atoms with E-state index in [9.17, 15) is 0 Å². The molecule has 1 aromatic heterocycles. The summed E-state index contributed by atoms with van der Waals surface area (Å²) in [5, 5.41) is 4.85. The van der Waals surface area contributed by atoms with Gasteiger partial charge in [0.15, 0.2) is 0 Å². The predicted molar refractivity (Wildman–Crippen MR) is 54.7 cm³/mol. The number of hydrogen-bond donors (Lipinski definition) is 1. The van der Waals surface area contributed by atoms with Crippen LogP contribution in [0.5, 0.6) is 0 Å². The summed E-state index contributed by atoms with van der Waals surface area (Å²) in [4.78, 5) is 1.27. The van der Waals surface area contributed by atoms with E-state index in [2.05, 4.69) is 11.3 Å². The third-order valence-corrected chi connectivity index (χ3v) is 3.65. The Morgan fingerprint density at radius 2 is 2.46 bits per heavy atom. The molecular formula is C9H15N3S. The number of nitrogens with zero attached hydrogens (tertiary/aromatic N) is 2. The lowest BCUT2D eigenvalue weighted by Crippen LogP contribution is -2.15. The summed E-state index contributed by atoms with van der Waals surface area (Å²) in [5.41, 5.74) is 5.85. The van der Waals surface area contributed by atoms with E-state index < -0.39 is 0 Å². The molecule has 1 fully saturated rings. The van der Waals surface area contributed by atoms with Crippen LogP contribution in [-0.4, -0.2) is 21.1 Å². The van der Waals surface area contributed by atoms with Gasteiger partial charge in [0, 0.05) is 29.4 Å². The van der Waals surface area contributed by atoms with Crippen LogP contribution < -0.4 is 5.73 Å². The Kier molecular flexibility index (Phi) is 2.60. The molecule has 0 radical (unpaired) electrons. The molecule has 72 valence electrons. The maximum absolute atomic E-state index is 5.85. The average Bonchev–Trinajstić information content (AvgIpc) is 2.62. The third kappa shape index (κ3) is 2.25. The van der Waals surface area contributed by atoms with E-state index in [1.807, 2.05) is 29.7 Å². The fourth-order valence-electron chi connectivity index (χ4n) is 1.73. The summed E-state index contributed by atoms with van der Waals surface area (Å²) in [5.74, 6) is 0. The number of aromatic nitrogens is 2. The minimum absolute atomic E-state index is 0.425. The number of aryl methyl sites for hydroxylation is 1. The zero-order valence-corrected chi connectivity index (χ0v) is 8.63. The molecule has 4 heteroatoms. The lowest BCUT2D eigenvalue weighted by molar-refractivity contribution is 0.706. The molecule has 1 heterocycles. The van der Waals surface area contributed by atoms with Crippen molar-refractivity contribution in [1.82, 2.24) is 9.78 Å². The molecule has 0 amide bonds. The zero-order chi connectivity index (χ0) is 9.26. The quantitative estimate of drug-likeness (QED) is 0.779. The molecule has 1 aliphatic carbocycles. The fraction of sp³-hybridized carbons (Fsp3) is 0.667. The molecular weight excluding hydrogens is 182 g/mol. The molecule has 0 bridgehead atoms. The summed E-state index contributed by atoms with van der Waals surface area (Å²) in [6.07, 6.45) is 7.57. The van der Waals surface area contributed by atoms with E-state index in [4.69, 9.17) is 5.73 Å². The summed E-state index contributed by atoms with van der Waals surface area (Å²) in [6.45, 7) is 0. The van der Waals surface area contributed by atoms with Gasteiger partial charge < -0.3 is 5.73 Å². The first-order valence-electron chi connectivity index (χ1n) is 4.65. The van der Waals surface area contributed by atoms with Crippen LogP contribution in [-0.2, 0) is 7.05 Å². The molecule has 2 unspecified atom stereocenters. The van der Waals surface area contributed by atoms with Crippen molar-refractivity contribution >= 4 is 11.8 Å². The van der Waals surface area contributed by atoms with Crippen LogP contribution in [0, 0.1) is 0 Å². The molecule has 13 heavy (non-hydrogen) atoms. The van der Waals surface area contributed by atoms with Crippen molar-refractivity contribution in [1.29, 1.82) is 0 Å². The molecule has 1 aliphatic rings. The van der Waals surface area contributed by atoms with Crippen molar-refractivity contribution in [2.75, 3.05) is 0 Å². The normalized spacial score (nSPS) is 28.2. The van der Waals surface area contributed by atoms with Crippen molar-refractivity contribution in [3.63, 3.8) is 0 Å². The molecule has 2 N–H and O–H groups in total. The van der Waals surface area contributed by atoms with Gasteiger partial charge in [-0.2, -0.15) is 5.10 Å². The van der Waals surface area contributed by atoms with Crippen molar-refractivity contribution in [3.8, 4) is 0 Å². The number of hydrogen-bond acceptors (Lipinski definition) is 3. The van der Waals surface area contributed by atoms with Crippen molar-refractivity contribution in [2.24, 2.45) is 12.8 Å². The highest BCUT2D eigenvalue weighted by Gasteiger charge is 2.22. The topological polar surface area (TPSA) is 43.8 Å². The van der Waals surface area contributed by atoms with Gasteiger partial charge in [-0.15, -0.1) is 11.8 Å². The molecule has 2 atom stereocenters. The summed E-state index contributed by atoms with van der Waals surface area (Å²) < 4.78 is 1.84. The number of rotatable bonds is 2. The van der Waals surface area contributed by atoms with E-state index in [1.54, 1.807) is 0 Å². The van der Waals surface area contributed by atoms with Crippen molar-refractivity contribution in [2.45, 2.75) is 35.4 Å². The van der Waals surface area contributed by atoms with E-state index in [0.717, 1.165) is 6.42 Å². The highest BCUT2D eigenvalue weighted by Crippen LogP contribution is 2.33. The van der Waals surface area contributed by atoms with E-state index >= 15 is 0 Å². The molecule has 2 rings (SSSR count). The van der Waals surface area contributed by atoms with Gasteiger partial charge in [0.1, 0.15) is 0 Å². The molecule has 1 aromatic rings. The summed E-state index contributed by atoms with van der Waals surface area (Å²) >= 11 is 1.91. The Hall–Kier alpha value is -0.480. The third-order valence-electron chi connectivity index (χ3n) is 2.41. The lowest BCUT2D eigenvalue weighted by atomic mass is 10.3. The van der Waals surface area contributed by atoms with Crippen molar-refractivity contribution < 1.29 is 0 Å². The van der Waals surface area contributed by atoms with Crippen LogP contribution in [0.1, 0.15) is 19.3 Å². The second kappa shape index (κ2) is 3.72. The lowest BCUT2D eigenvalue weighted by Gasteiger charge is -2.05. The SMILES string of the molecule is Cn1cc(SC2CCC(N)C2)cn1. The van der Waals surface area contributed by atoms with Gasteiger partial charge >= 0.3 is 0 Å². The Bertz CT molecular complexity index is 284. The summed E-state index contributed by atoms with van der Waals surface area (Å²) in [7, 11) is 1.95. The van der Waals surface area contributed by atoms with Gasteiger partial charge in [-0.3, -0.25) is 4.68 Å². The largest absolute Gasteiger partial charge is 0.328 e. The van der Waals surface area contributed by atoms with Crippen LogP contribution in [0.15, 0.2) is 17.3 Å². The number of nitrogens with two attached hydrogens (primary N) is 1. The van der Waals surface area contributed by atoms with Crippen LogP contribution in [0.4, 0.5) is 0 Å². The van der Waals surface area contributed by atoms with E-state index in [0.29, 0.717) is 11.3 Å². The van der Waals surface area contributed by atoms with Gasteiger partial charge in [0.05, 0.1) is 6.20 Å².